The number of aliphatic hydroxyl groups excluding tert-OH is 3. The maximum atomic E-state index is 13.2. The molecular formula is C36H56O13S. The maximum absolute atomic E-state index is 13.2. The normalized spacial score (nSPS) is 49.7. The molecule has 1 aliphatic heterocycles. The Hall–Kier alpha value is -1.65. The molecule has 0 spiro atoms. The molecule has 5 fully saturated rings. The van der Waals surface area contributed by atoms with Crippen LogP contribution in [0, 0.1) is 50.2 Å². The van der Waals surface area contributed by atoms with E-state index in [4.69, 9.17) is 9.47 Å². The van der Waals surface area contributed by atoms with E-state index in [-0.39, 0.29) is 28.6 Å². The summed E-state index contributed by atoms with van der Waals surface area (Å²) in [5.74, 6) is -1.70. The van der Waals surface area contributed by atoms with Crippen LogP contribution in [0.3, 0.4) is 0 Å². The summed E-state index contributed by atoms with van der Waals surface area (Å²) < 4.78 is 48.5. The third kappa shape index (κ3) is 5.20. The van der Waals surface area contributed by atoms with Gasteiger partial charge in [-0.05, 0) is 97.2 Å². The number of fused-ring (bicyclic) bond motifs is 7. The van der Waals surface area contributed by atoms with Gasteiger partial charge in [0.05, 0.1) is 17.6 Å². The zero-order chi connectivity index (χ0) is 37.2. The van der Waals surface area contributed by atoms with Crippen LogP contribution in [0.15, 0.2) is 11.6 Å². The molecule has 0 amide bonds. The standard InChI is InChI=1S/C36H56O13S/c1-31(2)14-16-36(30(42)43)17-15-34(6)21(35(36,7)29(31)41)10-9-20-18-8-11-22(32(3,4)19(18)12-13-33(20,34)5)47-28-24(38)25(49-50(44,45)46)23(37)26(48-28)27(39)40/h10,18-20,22-26,28-29,37-38,41H,8-9,11-17H2,1-7H3,(H,39,40)(H,42,43)(H,44,45,46)/t18-,19+,20+,22-,23-,24+,25-,26-,28+,29+,33+,34+,35+,36+/m0/s1. The van der Waals surface area contributed by atoms with Gasteiger partial charge < -0.3 is 35.0 Å². The van der Waals surface area contributed by atoms with Gasteiger partial charge in [0.2, 0.25) is 0 Å². The van der Waals surface area contributed by atoms with Crippen LogP contribution in [-0.2, 0) is 33.6 Å². The quantitative estimate of drug-likeness (QED) is 0.130. The van der Waals surface area contributed by atoms with Crippen molar-refractivity contribution >= 4 is 22.3 Å². The number of hydrogen-bond acceptors (Lipinski definition) is 10. The molecule has 1 heterocycles. The molecule has 0 aromatic rings. The second-order valence-corrected chi connectivity index (χ2v) is 19.3. The Balaban J connectivity index is 1.29. The third-order valence-electron chi connectivity index (χ3n) is 15.6. The predicted octanol–water partition coefficient (Wildman–Crippen LogP) is 3.95. The van der Waals surface area contributed by atoms with Crippen LogP contribution in [0.4, 0.5) is 0 Å². The molecule has 0 bridgehead atoms. The molecule has 4 saturated carbocycles. The number of allylic oxidation sites excluding steroid dienone is 1. The number of aliphatic carboxylic acids is 2. The molecule has 0 aromatic heterocycles. The van der Waals surface area contributed by atoms with Crippen molar-refractivity contribution in [2.75, 3.05) is 0 Å². The van der Waals surface area contributed by atoms with Crippen molar-refractivity contribution in [3.63, 3.8) is 0 Å². The van der Waals surface area contributed by atoms with Gasteiger partial charge in [-0.1, -0.05) is 60.1 Å². The first-order valence-electron chi connectivity index (χ1n) is 18.1. The highest BCUT2D eigenvalue weighted by molar-refractivity contribution is 7.80. The van der Waals surface area contributed by atoms with Gasteiger partial charge >= 0.3 is 22.3 Å². The van der Waals surface area contributed by atoms with E-state index in [1.807, 2.05) is 20.8 Å². The Kier molecular flexibility index (Phi) is 9.09. The van der Waals surface area contributed by atoms with Crippen molar-refractivity contribution in [2.45, 2.75) is 149 Å². The molecule has 0 aromatic carbocycles. The second kappa shape index (κ2) is 11.9. The van der Waals surface area contributed by atoms with E-state index in [1.165, 1.54) is 0 Å². The monoisotopic (exact) mass is 728 g/mol. The van der Waals surface area contributed by atoms with E-state index in [9.17, 15) is 48.1 Å². The molecule has 13 nitrogen and oxygen atoms in total. The number of rotatable bonds is 6. The molecule has 0 radical (unpaired) electrons. The Labute approximate surface area is 294 Å². The topological polar surface area (TPSA) is 217 Å². The third-order valence-corrected chi connectivity index (χ3v) is 16.1. The Bertz CT molecular complexity index is 1540. The molecule has 0 unspecified atom stereocenters. The van der Waals surface area contributed by atoms with Crippen LogP contribution in [0.25, 0.3) is 0 Å². The summed E-state index contributed by atoms with van der Waals surface area (Å²) in [6.45, 7) is 14.9. The molecule has 284 valence electrons. The van der Waals surface area contributed by atoms with Crippen LogP contribution >= 0.6 is 0 Å². The molecule has 1 saturated heterocycles. The lowest BCUT2D eigenvalue weighted by molar-refractivity contribution is -0.317. The Morgan fingerprint density at radius 3 is 2.10 bits per heavy atom. The lowest BCUT2D eigenvalue weighted by Crippen LogP contribution is -2.69. The molecular weight excluding hydrogens is 672 g/mol. The van der Waals surface area contributed by atoms with Crippen molar-refractivity contribution in [3.8, 4) is 0 Å². The van der Waals surface area contributed by atoms with Gasteiger partial charge in [-0.2, -0.15) is 8.42 Å². The van der Waals surface area contributed by atoms with Gasteiger partial charge in [-0.3, -0.25) is 9.35 Å². The van der Waals surface area contributed by atoms with E-state index in [0.717, 1.165) is 37.7 Å². The number of carboxylic acid groups (broad SMARTS) is 2. The Morgan fingerprint density at radius 2 is 1.50 bits per heavy atom. The van der Waals surface area contributed by atoms with Crippen molar-refractivity contribution in [3.05, 3.63) is 11.6 Å². The zero-order valence-electron chi connectivity index (χ0n) is 30.2. The van der Waals surface area contributed by atoms with Crippen LogP contribution in [0.2, 0.25) is 0 Å². The highest BCUT2D eigenvalue weighted by Crippen LogP contribution is 2.76. The summed E-state index contributed by atoms with van der Waals surface area (Å²) in [5.41, 5.74) is -2.25. The van der Waals surface area contributed by atoms with E-state index in [2.05, 4.69) is 38.0 Å². The molecule has 50 heavy (non-hydrogen) atoms. The van der Waals surface area contributed by atoms with Crippen molar-refractivity contribution in [2.24, 2.45) is 50.2 Å². The summed E-state index contributed by atoms with van der Waals surface area (Å²) in [5, 5.41) is 53.9. The van der Waals surface area contributed by atoms with E-state index in [0.29, 0.717) is 25.7 Å². The van der Waals surface area contributed by atoms with Crippen LogP contribution < -0.4 is 0 Å². The first kappa shape index (κ1) is 38.1. The molecule has 6 rings (SSSR count). The average Bonchev–Trinajstić information content (AvgIpc) is 3.00. The Morgan fingerprint density at radius 1 is 0.860 bits per heavy atom. The van der Waals surface area contributed by atoms with Crippen molar-refractivity contribution in [1.29, 1.82) is 0 Å². The first-order chi connectivity index (χ1) is 22.9. The number of aliphatic hydroxyl groups is 3. The van der Waals surface area contributed by atoms with Gasteiger partial charge in [0.1, 0.15) is 18.3 Å². The summed E-state index contributed by atoms with van der Waals surface area (Å²) in [4.78, 5) is 25.0. The zero-order valence-corrected chi connectivity index (χ0v) is 31.0. The average molecular weight is 729 g/mol. The van der Waals surface area contributed by atoms with Crippen molar-refractivity contribution < 1.29 is 61.7 Å². The summed E-state index contributed by atoms with van der Waals surface area (Å²) in [6, 6.07) is 0. The van der Waals surface area contributed by atoms with Crippen LogP contribution in [0.5, 0.6) is 0 Å². The van der Waals surface area contributed by atoms with E-state index < -0.39 is 86.9 Å². The number of carboxylic acids is 2. The van der Waals surface area contributed by atoms with E-state index in [1.54, 1.807) is 0 Å². The largest absolute Gasteiger partial charge is 0.481 e. The molecule has 6 aliphatic rings. The van der Waals surface area contributed by atoms with Crippen LogP contribution in [0.1, 0.15) is 106 Å². The molecule has 14 atom stereocenters. The van der Waals surface area contributed by atoms with Gasteiger partial charge in [0.15, 0.2) is 12.4 Å². The van der Waals surface area contributed by atoms with Crippen molar-refractivity contribution in [1.82, 2.24) is 0 Å². The minimum Gasteiger partial charge on any atom is -0.481 e. The van der Waals surface area contributed by atoms with Gasteiger partial charge in [0.25, 0.3) is 0 Å². The highest BCUT2D eigenvalue weighted by Gasteiger charge is 2.73. The minimum absolute atomic E-state index is 0.162. The number of carbonyl (C=O) groups is 2. The molecule has 5 aliphatic carbocycles. The predicted molar refractivity (Wildman–Crippen MR) is 178 cm³/mol. The summed E-state index contributed by atoms with van der Waals surface area (Å²) in [6.07, 6.45) is -2.52. The second-order valence-electron chi connectivity index (χ2n) is 18.3. The fourth-order valence-electron chi connectivity index (χ4n) is 12.5. The number of ether oxygens (including phenoxy) is 2. The van der Waals surface area contributed by atoms with E-state index >= 15 is 0 Å². The lowest BCUT2D eigenvalue weighted by Gasteiger charge is -2.71. The summed E-state index contributed by atoms with van der Waals surface area (Å²) >= 11 is 0. The smallest absolute Gasteiger partial charge is 0.397 e. The van der Waals surface area contributed by atoms with Gasteiger partial charge in [-0.15, -0.1) is 0 Å². The molecule has 14 heteroatoms. The number of hydrogen-bond donors (Lipinski definition) is 6. The summed E-state index contributed by atoms with van der Waals surface area (Å²) in [7, 11) is -5.16. The fraction of sp³-hybridized carbons (Fsp3) is 0.889. The maximum Gasteiger partial charge on any atom is 0.397 e. The fourth-order valence-corrected chi connectivity index (χ4v) is 13.0. The minimum atomic E-state index is -5.16. The van der Waals surface area contributed by atoms with Gasteiger partial charge in [0, 0.05) is 5.41 Å². The molecule has 6 N–H and O–H groups in total. The first-order valence-corrected chi connectivity index (χ1v) is 19.4. The van der Waals surface area contributed by atoms with Crippen LogP contribution in [-0.4, -0.2) is 93.4 Å². The highest BCUT2D eigenvalue weighted by atomic mass is 32.3. The lowest BCUT2D eigenvalue weighted by atomic mass is 9.32. The SMILES string of the molecule is CC1(C)CC[C@]2(C(=O)O)CC[C@]3(C)C(=CC[C@@H]4[C@H]5CC[C@H](O[C@@H]6O[C@H](C(=O)O)[C@@H](O)[C@H](OS(=O)(=O)O)[C@H]6O)C(C)(C)[C@@H]5CC[C@]43C)[C@]2(C)[C@@H]1O. The van der Waals surface area contributed by atoms with Gasteiger partial charge in [-0.25, -0.2) is 8.98 Å².